The summed E-state index contributed by atoms with van der Waals surface area (Å²) in [5, 5.41) is 0.610. The van der Waals surface area contributed by atoms with Crippen LogP contribution in [0.3, 0.4) is 0 Å². The second-order valence-electron chi connectivity index (χ2n) is 5.02. The molecule has 3 nitrogen and oxygen atoms in total. The van der Waals surface area contributed by atoms with E-state index in [2.05, 4.69) is 0 Å². The zero-order chi connectivity index (χ0) is 12.6. The Balaban J connectivity index is 2.48. The Kier molecular flexibility index (Phi) is 3.23. The molecule has 1 aliphatic rings. The molecule has 0 aromatic heterocycles. The van der Waals surface area contributed by atoms with Crippen molar-refractivity contribution in [2.24, 2.45) is 5.73 Å². The summed E-state index contributed by atoms with van der Waals surface area (Å²) in [6, 6.07) is 3.61. The maximum absolute atomic E-state index is 6.15. The standard InChI is InChI=1S/C13H18ClNO2/c1-13(2,15)10-6-8(14)7-11(16-3)12(10)17-9-4-5-9/h6-7,9H,4-5,15H2,1-3H3. The molecule has 1 aromatic carbocycles. The molecule has 0 spiro atoms. The van der Waals surface area contributed by atoms with Crippen LogP contribution in [0.5, 0.6) is 11.5 Å². The van der Waals surface area contributed by atoms with Crippen LogP contribution in [-0.4, -0.2) is 13.2 Å². The molecule has 94 valence electrons. The summed E-state index contributed by atoms with van der Waals surface area (Å²) in [5.74, 6) is 1.38. The zero-order valence-electron chi connectivity index (χ0n) is 10.4. The number of hydrogen-bond acceptors (Lipinski definition) is 3. The predicted molar refractivity (Wildman–Crippen MR) is 68.9 cm³/mol. The van der Waals surface area contributed by atoms with Gasteiger partial charge >= 0.3 is 0 Å². The average Bonchev–Trinajstić information content (AvgIpc) is 3.02. The van der Waals surface area contributed by atoms with Crippen molar-refractivity contribution in [2.45, 2.75) is 38.3 Å². The van der Waals surface area contributed by atoms with Gasteiger partial charge in [0.1, 0.15) is 0 Å². The van der Waals surface area contributed by atoms with Crippen LogP contribution >= 0.6 is 11.6 Å². The summed E-state index contributed by atoms with van der Waals surface area (Å²) in [5.41, 5.74) is 6.52. The molecule has 4 heteroatoms. The third-order valence-electron chi connectivity index (χ3n) is 2.74. The highest BCUT2D eigenvalue weighted by atomic mass is 35.5. The molecule has 1 aliphatic carbocycles. The number of nitrogens with two attached hydrogens (primary N) is 1. The summed E-state index contributed by atoms with van der Waals surface area (Å²) < 4.78 is 11.2. The van der Waals surface area contributed by atoms with Gasteiger partial charge in [-0.25, -0.2) is 0 Å². The number of halogens is 1. The summed E-state index contributed by atoms with van der Waals surface area (Å²) in [6.45, 7) is 3.86. The second kappa shape index (κ2) is 4.39. The van der Waals surface area contributed by atoms with E-state index in [1.165, 1.54) is 0 Å². The molecule has 17 heavy (non-hydrogen) atoms. The van der Waals surface area contributed by atoms with E-state index in [-0.39, 0.29) is 0 Å². The number of benzene rings is 1. The highest BCUT2D eigenvalue weighted by molar-refractivity contribution is 6.30. The van der Waals surface area contributed by atoms with Gasteiger partial charge in [0.2, 0.25) is 0 Å². The molecule has 2 N–H and O–H groups in total. The van der Waals surface area contributed by atoms with Gasteiger partial charge in [-0.1, -0.05) is 11.6 Å². The highest BCUT2D eigenvalue weighted by Gasteiger charge is 2.30. The lowest BCUT2D eigenvalue weighted by atomic mass is 9.94. The van der Waals surface area contributed by atoms with E-state index in [0.717, 1.165) is 24.2 Å². The monoisotopic (exact) mass is 255 g/mol. The van der Waals surface area contributed by atoms with Gasteiger partial charge in [-0.05, 0) is 32.8 Å². The Bertz CT molecular complexity index is 422. The molecule has 0 radical (unpaired) electrons. The first-order valence-electron chi connectivity index (χ1n) is 5.75. The minimum atomic E-state index is -0.512. The Morgan fingerprint density at radius 2 is 2.00 bits per heavy atom. The molecule has 1 saturated carbocycles. The Labute approximate surface area is 107 Å². The van der Waals surface area contributed by atoms with Crippen LogP contribution in [0, 0.1) is 0 Å². The van der Waals surface area contributed by atoms with E-state index in [1.807, 2.05) is 19.9 Å². The molecular formula is C13H18ClNO2. The normalized spacial score (nSPS) is 15.8. The van der Waals surface area contributed by atoms with Crippen molar-refractivity contribution in [3.05, 3.63) is 22.7 Å². The fraction of sp³-hybridized carbons (Fsp3) is 0.538. The molecule has 0 heterocycles. The van der Waals surface area contributed by atoms with Crippen LogP contribution < -0.4 is 15.2 Å². The van der Waals surface area contributed by atoms with Crippen molar-refractivity contribution in [2.75, 3.05) is 7.11 Å². The molecule has 1 aromatic rings. The van der Waals surface area contributed by atoms with Gasteiger partial charge in [0.25, 0.3) is 0 Å². The second-order valence-corrected chi connectivity index (χ2v) is 5.46. The third kappa shape index (κ3) is 2.85. The van der Waals surface area contributed by atoms with E-state index < -0.39 is 5.54 Å². The molecule has 0 atom stereocenters. The van der Waals surface area contributed by atoms with Gasteiger partial charge in [0.15, 0.2) is 11.5 Å². The van der Waals surface area contributed by atoms with Crippen LogP contribution in [0.2, 0.25) is 5.02 Å². The van der Waals surface area contributed by atoms with Crippen LogP contribution in [0.4, 0.5) is 0 Å². The van der Waals surface area contributed by atoms with Crippen molar-refractivity contribution >= 4 is 11.6 Å². The third-order valence-corrected chi connectivity index (χ3v) is 2.96. The van der Waals surface area contributed by atoms with Gasteiger partial charge in [0, 0.05) is 22.2 Å². The first-order valence-corrected chi connectivity index (χ1v) is 6.13. The van der Waals surface area contributed by atoms with Crippen molar-refractivity contribution < 1.29 is 9.47 Å². The van der Waals surface area contributed by atoms with Gasteiger partial charge < -0.3 is 15.2 Å². The first kappa shape index (κ1) is 12.5. The average molecular weight is 256 g/mol. The fourth-order valence-corrected chi connectivity index (χ4v) is 1.88. The van der Waals surface area contributed by atoms with Gasteiger partial charge in [-0.2, -0.15) is 0 Å². The largest absolute Gasteiger partial charge is 0.493 e. The Morgan fingerprint density at radius 1 is 1.35 bits per heavy atom. The molecule has 0 amide bonds. The number of ether oxygens (including phenoxy) is 2. The van der Waals surface area contributed by atoms with Crippen molar-refractivity contribution in [1.29, 1.82) is 0 Å². The lowest BCUT2D eigenvalue weighted by Gasteiger charge is -2.24. The van der Waals surface area contributed by atoms with E-state index in [4.69, 9.17) is 26.8 Å². The molecule has 2 rings (SSSR count). The van der Waals surface area contributed by atoms with Crippen LogP contribution in [-0.2, 0) is 5.54 Å². The summed E-state index contributed by atoms with van der Waals surface area (Å²) in [4.78, 5) is 0. The molecule has 0 aliphatic heterocycles. The van der Waals surface area contributed by atoms with Crippen molar-refractivity contribution in [3.63, 3.8) is 0 Å². The van der Waals surface area contributed by atoms with Crippen LogP contribution in [0.15, 0.2) is 12.1 Å². The van der Waals surface area contributed by atoms with E-state index in [1.54, 1.807) is 13.2 Å². The van der Waals surface area contributed by atoms with E-state index >= 15 is 0 Å². The summed E-state index contributed by atoms with van der Waals surface area (Å²) in [7, 11) is 1.61. The lowest BCUT2D eigenvalue weighted by molar-refractivity contribution is 0.273. The van der Waals surface area contributed by atoms with Crippen molar-refractivity contribution in [1.82, 2.24) is 0 Å². The number of rotatable bonds is 4. The maximum Gasteiger partial charge on any atom is 0.166 e. The molecule has 0 bridgehead atoms. The molecule has 1 fully saturated rings. The van der Waals surface area contributed by atoms with E-state index in [9.17, 15) is 0 Å². The predicted octanol–water partition coefficient (Wildman–Crippen LogP) is 3.08. The zero-order valence-corrected chi connectivity index (χ0v) is 11.2. The van der Waals surface area contributed by atoms with Gasteiger partial charge in [0.05, 0.1) is 13.2 Å². The number of methoxy groups -OCH3 is 1. The Morgan fingerprint density at radius 3 is 2.47 bits per heavy atom. The topological polar surface area (TPSA) is 44.5 Å². The molecule has 0 saturated heterocycles. The molecule has 0 unspecified atom stereocenters. The van der Waals surface area contributed by atoms with Gasteiger partial charge in [-0.15, -0.1) is 0 Å². The van der Waals surface area contributed by atoms with Crippen molar-refractivity contribution in [3.8, 4) is 11.5 Å². The first-order chi connectivity index (χ1) is 7.91. The Hall–Kier alpha value is -0.930. The smallest absolute Gasteiger partial charge is 0.166 e. The minimum absolute atomic E-state index is 0.297. The van der Waals surface area contributed by atoms with Gasteiger partial charge in [-0.3, -0.25) is 0 Å². The highest BCUT2D eigenvalue weighted by Crippen LogP contribution is 2.42. The number of hydrogen-bond donors (Lipinski definition) is 1. The molecular weight excluding hydrogens is 238 g/mol. The summed E-state index contributed by atoms with van der Waals surface area (Å²) >= 11 is 6.07. The minimum Gasteiger partial charge on any atom is -0.493 e. The van der Waals surface area contributed by atoms with Crippen LogP contribution in [0.25, 0.3) is 0 Å². The van der Waals surface area contributed by atoms with Crippen LogP contribution in [0.1, 0.15) is 32.3 Å². The fourth-order valence-electron chi connectivity index (χ4n) is 1.67. The summed E-state index contributed by atoms with van der Waals surface area (Å²) in [6.07, 6.45) is 2.48. The lowest BCUT2D eigenvalue weighted by Crippen LogP contribution is -2.29. The SMILES string of the molecule is COc1cc(Cl)cc(C(C)(C)N)c1OC1CC1. The van der Waals surface area contributed by atoms with E-state index in [0.29, 0.717) is 16.9 Å². The maximum atomic E-state index is 6.15. The quantitative estimate of drug-likeness (QED) is 0.899.